The van der Waals surface area contributed by atoms with Crippen molar-refractivity contribution in [2.75, 3.05) is 10.6 Å². The molecule has 0 aliphatic carbocycles. The zero-order chi connectivity index (χ0) is 24.1. The van der Waals surface area contributed by atoms with E-state index in [1.54, 1.807) is 6.07 Å². The van der Waals surface area contributed by atoms with Crippen LogP contribution in [0.1, 0.15) is 43.2 Å². The number of hydrogen-bond donors (Lipinski definition) is 4. The van der Waals surface area contributed by atoms with Crippen molar-refractivity contribution in [3.05, 3.63) is 59.4 Å². The molecule has 172 valence electrons. The highest BCUT2D eigenvalue weighted by Gasteiger charge is 2.08. The molecule has 2 rings (SSSR count). The summed E-state index contributed by atoms with van der Waals surface area (Å²) in [7, 11) is 0. The zero-order valence-corrected chi connectivity index (χ0v) is 18.0. The van der Waals surface area contributed by atoms with E-state index in [-0.39, 0.29) is 49.6 Å². The predicted octanol–water partition coefficient (Wildman–Crippen LogP) is 4.13. The van der Waals surface area contributed by atoms with Crippen LogP contribution in [0, 0.1) is 19.7 Å². The average Bonchev–Trinajstić information content (AvgIpc) is 2.70. The number of amides is 2. The van der Waals surface area contributed by atoms with E-state index in [0.29, 0.717) is 0 Å². The minimum absolute atomic E-state index is 0.00263. The second-order valence-electron chi connectivity index (χ2n) is 7.04. The molecule has 0 fully saturated rings. The first-order valence-corrected chi connectivity index (χ1v) is 9.93. The Hall–Kier alpha value is -3.75. The lowest BCUT2D eigenvalue weighted by molar-refractivity contribution is -0.138. The van der Waals surface area contributed by atoms with Gasteiger partial charge in [0, 0.05) is 24.9 Å². The molecule has 4 N–H and O–H groups in total. The predicted molar refractivity (Wildman–Crippen MR) is 118 cm³/mol. The number of aryl methyl sites for hydroxylation is 2. The standard InChI is InChI=1S/C12H15NO3.C11H12FNO3/c1-8-3-4-10(9(2)7-8)13-11(14)5-6-12(15)16;12-8-4-1-2-5-9(8)13-10(14)6-3-7-11(15)16/h3-4,7H,5-6H2,1-2H3,(H,13,14)(H,15,16);1-2,4-5H,3,6-7H2,(H,13,14)(H,15,16). The van der Waals surface area contributed by atoms with Crippen LogP contribution in [0.5, 0.6) is 0 Å². The van der Waals surface area contributed by atoms with E-state index in [1.807, 2.05) is 32.0 Å². The first kappa shape index (κ1) is 26.3. The van der Waals surface area contributed by atoms with Gasteiger partial charge in [-0.25, -0.2) is 4.39 Å². The van der Waals surface area contributed by atoms with Gasteiger partial charge in [-0.1, -0.05) is 29.8 Å². The highest BCUT2D eigenvalue weighted by atomic mass is 19.1. The number of hydrogen-bond acceptors (Lipinski definition) is 4. The van der Waals surface area contributed by atoms with Crippen molar-refractivity contribution in [2.24, 2.45) is 0 Å². The van der Waals surface area contributed by atoms with E-state index in [9.17, 15) is 23.6 Å². The summed E-state index contributed by atoms with van der Waals surface area (Å²) in [5.74, 6) is -3.07. The highest BCUT2D eigenvalue weighted by molar-refractivity contribution is 5.93. The number of carbonyl (C=O) groups excluding carboxylic acids is 2. The molecule has 2 amide bonds. The Balaban J connectivity index is 0.000000320. The fourth-order valence-corrected chi connectivity index (χ4v) is 2.56. The summed E-state index contributed by atoms with van der Waals surface area (Å²) in [6.45, 7) is 3.88. The number of anilines is 2. The Kier molecular flexibility index (Phi) is 11.1. The Morgan fingerprint density at radius 2 is 1.38 bits per heavy atom. The smallest absolute Gasteiger partial charge is 0.303 e. The van der Waals surface area contributed by atoms with Crippen LogP contribution >= 0.6 is 0 Å². The third-order valence-electron chi connectivity index (χ3n) is 4.16. The molecular formula is C23H27FN2O6. The fourth-order valence-electron chi connectivity index (χ4n) is 2.56. The van der Waals surface area contributed by atoms with Crippen molar-refractivity contribution in [1.29, 1.82) is 0 Å². The van der Waals surface area contributed by atoms with Gasteiger partial charge in [-0.15, -0.1) is 0 Å². The van der Waals surface area contributed by atoms with E-state index < -0.39 is 17.8 Å². The molecule has 0 saturated heterocycles. The number of nitrogens with one attached hydrogen (secondary N) is 2. The molecule has 2 aromatic carbocycles. The van der Waals surface area contributed by atoms with Gasteiger partial charge in [-0.2, -0.15) is 0 Å². The fraction of sp³-hybridized carbons (Fsp3) is 0.304. The molecule has 0 unspecified atom stereocenters. The number of carbonyl (C=O) groups is 4. The maximum Gasteiger partial charge on any atom is 0.303 e. The van der Waals surface area contributed by atoms with Crippen LogP contribution in [0.15, 0.2) is 42.5 Å². The Morgan fingerprint density at radius 1 is 0.781 bits per heavy atom. The molecule has 0 saturated carbocycles. The summed E-state index contributed by atoms with van der Waals surface area (Å²) >= 11 is 0. The number of aliphatic carboxylic acids is 2. The van der Waals surface area contributed by atoms with Gasteiger partial charge < -0.3 is 20.8 Å². The number of carboxylic acids is 2. The van der Waals surface area contributed by atoms with Crippen molar-refractivity contribution in [3.63, 3.8) is 0 Å². The molecule has 0 spiro atoms. The summed E-state index contributed by atoms with van der Waals surface area (Å²) in [5, 5.41) is 21.9. The first-order chi connectivity index (χ1) is 15.1. The lowest BCUT2D eigenvalue weighted by Gasteiger charge is -2.08. The first-order valence-electron chi connectivity index (χ1n) is 9.93. The van der Waals surface area contributed by atoms with Gasteiger partial charge in [0.25, 0.3) is 0 Å². The van der Waals surface area contributed by atoms with Gasteiger partial charge in [0.2, 0.25) is 11.8 Å². The van der Waals surface area contributed by atoms with Gasteiger partial charge in [0.05, 0.1) is 12.1 Å². The van der Waals surface area contributed by atoms with E-state index in [1.165, 1.54) is 18.2 Å². The summed E-state index contributed by atoms with van der Waals surface area (Å²) in [5.41, 5.74) is 2.95. The van der Waals surface area contributed by atoms with Crippen molar-refractivity contribution in [3.8, 4) is 0 Å². The molecule has 0 bridgehead atoms. The topological polar surface area (TPSA) is 133 Å². The van der Waals surface area contributed by atoms with Gasteiger partial charge in [-0.05, 0) is 44.0 Å². The van der Waals surface area contributed by atoms with Crippen molar-refractivity contribution in [2.45, 2.75) is 46.0 Å². The van der Waals surface area contributed by atoms with Crippen LogP contribution in [-0.2, 0) is 19.2 Å². The van der Waals surface area contributed by atoms with E-state index in [0.717, 1.165) is 16.8 Å². The zero-order valence-electron chi connectivity index (χ0n) is 18.0. The quantitative estimate of drug-likeness (QED) is 0.458. The molecule has 0 aromatic heterocycles. The van der Waals surface area contributed by atoms with E-state index >= 15 is 0 Å². The number of benzene rings is 2. The normalized spacial score (nSPS) is 9.84. The molecule has 9 heteroatoms. The number of rotatable bonds is 9. The average molecular weight is 446 g/mol. The molecule has 0 aliphatic rings. The van der Waals surface area contributed by atoms with Gasteiger partial charge >= 0.3 is 11.9 Å². The van der Waals surface area contributed by atoms with E-state index in [4.69, 9.17) is 10.2 Å². The number of carboxylic acid groups (broad SMARTS) is 2. The van der Waals surface area contributed by atoms with Gasteiger partial charge in [-0.3, -0.25) is 19.2 Å². The molecule has 0 radical (unpaired) electrons. The Bertz CT molecular complexity index is 961. The largest absolute Gasteiger partial charge is 0.481 e. The van der Waals surface area contributed by atoms with E-state index in [2.05, 4.69) is 10.6 Å². The Morgan fingerprint density at radius 3 is 1.97 bits per heavy atom. The van der Waals surface area contributed by atoms with Gasteiger partial charge in [0.1, 0.15) is 5.82 Å². The van der Waals surface area contributed by atoms with Crippen molar-refractivity contribution < 1.29 is 33.8 Å². The molecule has 0 heterocycles. The number of halogens is 1. The SMILES string of the molecule is Cc1ccc(NC(=O)CCC(=O)O)c(C)c1.O=C(O)CCCC(=O)Nc1ccccc1F. The second kappa shape index (κ2) is 13.5. The summed E-state index contributed by atoms with van der Waals surface area (Å²) in [6, 6.07) is 11.5. The van der Waals surface area contributed by atoms with Crippen molar-refractivity contribution in [1.82, 2.24) is 0 Å². The second-order valence-corrected chi connectivity index (χ2v) is 7.04. The number of para-hydroxylation sites is 1. The lowest BCUT2D eigenvalue weighted by atomic mass is 10.1. The maximum atomic E-state index is 13.1. The van der Waals surface area contributed by atoms with Crippen LogP contribution < -0.4 is 10.6 Å². The van der Waals surface area contributed by atoms with Crippen LogP contribution in [0.2, 0.25) is 0 Å². The van der Waals surface area contributed by atoms with Crippen LogP contribution in [0.25, 0.3) is 0 Å². The molecular weight excluding hydrogens is 419 g/mol. The third-order valence-corrected chi connectivity index (χ3v) is 4.16. The third kappa shape index (κ3) is 10.9. The minimum Gasteiger partial charge on any atom is -0.481 e. The molecule has 2 aromatic rings. The minimum atomic E-state index is -0.962. The van der Waals surface area contributed by atoms with Crippen LogP contribution in [0.4, 0.5) is 15.8 Å². The molecule has 0 atom stereocenters. The maximum absolute atomic E-state index is 13.1. The van der Waals surface area contributed by atoms with Crippen molar-refractivity contribution >= 4 is 35.1 Å². The molecule has 0 aliphatic heterocycles. The van der Waals surface area contributed by atoms with Crippen LogP contribution in [0.3, 0.4) is 0 Å². The summed E-state index contributed by atoms with van der Waals surface area (Å²) in [6.07, 6.45) is 0.111. The van der Waals surface area contributed by atoms with Gasteiger partial charge in [0.15, 0.2) is 0 Å². The Labute approximate surface area is 185 Å². The molecule has 8 nitrogen and oxygen atoms in total. The summed E-state index contributed by atoms with van der Waals surface area (Å²) in [4.78, 5) is 43.1. The molecule has 32 heavy (non-hydrogen) atoms. The summed E-state index contributed by atoms with van der Waals surface area (Å²) < 4.78 is 13.1. The van der Waals surface area contributed by atoms with Crippen LogP contribution in [-0.4, -0.2) is 34.0 Å². The lowest BCUT2D eigenvalue weighted by Crippen LogP contribution is -2.13. The monoisotopic (exact) mass is 446 g/mol. The highest BCUT2D eigenvalue weighted by Crippen LogP contribution is 2.16.